The summed E-state index contributed by atoms with van der Waals surface area (Å²) in [6.45, 7) is 1.51. The van der Waals surface area contributed by atoms with Gasteiger partial charge in [-0.3, -0.25) is 0 Å². The molecule has 0 bridgehead atoms. The maximum Gasteiger partial charge on any atom is 0.101 e. The van der Waals surface area contributed by atoms with Crippen molar-refractivity contribution >= 4 is 0 Å². The summed E-state index contributed by atoms with van der Waals surface area (Å²) in [4.78, 5) is 0. The van der Waals surface area contributed by atoms with E-state index in [4.69, 9.17) is 20.1 Å². The zero-order valence-corrected chi connectivity index (χ0v) is 6.58. The summed E-state index contributed by atoms with van der Waals surface area (Å²) in [6, 6.07) is 0. The lowest BCUT2D eigenvalue weighted by molar-refractivity contribution is -0.0467. The zero-order chi connectivity index (χ0) is 8.54. The number of ether oxygens (including phenoxy) is 1. The van der Waals surface area contributed by atoms with Gasteiger partial charge in [0.05, 0.1) is 31.8 Å². The van der Waals surface area contributed by atoms with Crippen LogP contribution in [0.15, 0.2) is 0 Å². The minimum atomic E-state index is -0.882. The van der Waals surface area contributed by atoms with Gasteiger partial charge in [0.2, 0.25) is 0 Å². The van der Waals surface area contributed by atoms with Gasteiger partial charge in [0.1, 0.15) is 5.60 Å². The van der Waals surface area contributed by atoms with E-state index in [2.05, 4.69) is 0 Å². The topological polar surface area (TPSA) is 73.2 Å². The summed E-state index contributed by atoms with van der Waals surface area (Å²) in [5.41, 5.74) is -1.42. The molecule has 4 nitrogen and oxygen atoms in total. The number of hydrogen-bond acceptors (Lipinski definition) is 4. The van der Waals surface area contributed by atoms with Crippen molar-refractivity contribution in [1.82, 2.24) is 0 Å². The highest BCUT2D eigenvalue weighted by molar-refractivity contribution is 5.04. The van der Waals surface area contributed by atoms with Crippen LogP contribution in [0.25, 0.3) is 0 Å². The summed E-state index contributed by atoms with van der Waals surface area (Å²) in [7, 11) is 0. The number of hydrogen-bond donors (Lipinski definition) is 3. The molecule has 1 saturated heterocycles. The molecule has 0 spiro atoms. The van der Waals surface area contributed by atoms with Gasteiger partial charge in [0, 0.05) is 0 Å². The molecular formula is C7H14O4. The molecule has 1 unspecified atom stereocenters. The first kappa shape index (κ1) is 8.93. The third-order valence-corrected chi connectivity index (χ3v) is 2.61. The molecule has 1 atom stereocenters. The Kier molecular flexibility index (Phi) is 2.20. The summed E-state index contributed by atoms with van der Waals surface area (Å²) < 4.78 is 5.05. The van der Waals surface area contributed by atoms with Crippen LogP contribution in [-0.4, -0.2) is 47.3 Å². The third kappa shape index (κ3) is 1.16. The van der Waals surface area contributed by atoms with Gasteiger partial charge in [-0.25, -0.2) is 0 Å². The van der Waals surface area contributed by atoms with Gasteiger partial charge >= 0.3 is 0 Å². The lowest BCUT2D eigenvalue weighted by atomic mass is 9.78. The van der Waals surface area contributed by atoms with E-state index < -0.39 is 11.0 Å². The smallest absolute Gasteiger partial charge is 0.101 e. The van der Waals surface area contributed by atoms with Crippen molar-refractivity contribution in [2.45, 2.75) is 12.5 Å². The highest BCUT2D eigenvalue weighted by Crippen LogP contribution is 2.43. The van der Waals surface area contributed by atoms with Crippen molar-refractivity contribution in [1.29, 1.82) is 0 Å². The van der Waals surface area contributed by atoms with Crippen LogP contribution in [0.3, 0.4) is 0 Å². The maximum atomic E-state index is 8.95. The Morgan fingerprint density at radius 3 is 1.73 bits per heavy atom. The second-order valence-electron chi connectivity index (χ2n) is 3.27. The molecule has 0 aromatic heterocycles. The first-order valence-corrected chi connectivity index (χ1v) is 3.61. The van der Waals surface area contributed by atoms with Gasteiger partial charge in [-0.05, 0) is 6.92 Å². The molecule has 0 radical (unpaired) electrons. The fourth-order valence-corrected chi connectivity index (χ4v) is 1.07. The van der Waals surface area contributed by atoms with Crippen LogP contribution in [0.5, 0.6) is 0 Å². The van der Waals surface area contributed by atoms with Crippen molar-refractivity contribution in [3.63, 3.8) is 0 Å². The maximum absolute atomic E-state index is 8.95. The summed E-state index contributed by atoms with van der Waals surface area (Å²) >= 11 is 0. The largest absolute Gasteiger partial charge is 0.395 e. The summed E-state index contributed by atoms with van der Waals surface area (Å²) in [6.07, 6.45) is 0. The summed E-state index contributed by atoms with van der Waals surface area (Å²) in [5, 5.41) is 26.9. The van der Waals surface area contributed by atoms with Crippen molar-refractivity contribution in [2.24, 2.45) is 5.41 Å². The number of aliphatic hydroxyl groups is 3. The molecule has 1 rings (SSSR count). The van der Waals surface area contributed by atoms with E-state index in [0.29, 0.717) is 6.61 Å². The van der Waals surface area contributed by atoms with Crippen molar-refractivity contribution in [3.05, 3.63) is 0 Å². The number of aliphatic hydroxyl groups excluding tert-OH is 3. The molecule has 1 heterocycles. The van der Waals surface area contributed by atoms with E-state index in [-0.39, 0.29) is 19.8 Å². The van der Waals surface area contributed by atoms with Crippen LogP contribution in [-0.2, 0) is 4.74 Å². The Labute approximate surface area is 65.4 Å². The molecule has 11 heavy (non-hydrogen) atoms. The molecule has 0 aromatic carbocycles. The molecule has 1 aliphatic rings. The third-order valence-electron chi connectivity index (χ3n) is 2.61. The Hall–Kier alpha value is -0.160. The lowest BCUT2D eigenvalue weighted by Crippen LogP contribution is -2.46. The van der Waals surface area contributed by atoms with Crippen molar-refractivity contribution in [2.75, 3.05) is 26.4 Å². The minimum absolute atomic E-state index is 0.253. The molecule has 0 amide bonds. The molecule has 4 heteroatoms. The van der Waals surface area contributed by atoms with Crippen LogP contribution in [0.4, 0.5) is 0 Å². The predicted octanol–water partition coefficient (Wildman–Crippen LogP) is -1.26. The monoisotopic (exact) mass is 162 g/mol. The van der Waals surface area contributed by atoms with Crippen LogP contribution in [0.1, 0.15) is 6.92 Å². The second kappa shape index (κ2) is 2.71. The molecular weight excluding hydrogens is 148 g/mol. The van der Waals surface area contributed by atoms with E-state index in [1.807, 2.05) is 0 Å². The molecule has 1 aliphatic heterocycles. The minimum Gasteiger partial charge on any atom is -0.395 e. The van der Waals surface area contributed by atoms with Crippen LogP contribution in [0.2, 0.25) is 0 Å². The van der Waals surface area contributed by atoms with Crippen molar-refractivity contribution in [3.8, 4) is 0 Å². The predicted molar refractivity (Wildman–Crippen MR) is 38.0 cm³/mol. The van der Waals surface area contributed by atoms with E-state index in [9.17, 15) is 0 Å². The van der Waals surface area contributed by atoms with Gasteiger partial charge in [-0.1, -0.05) is 0 Å². The van der Waals surface area contributed by atoms with Gasteiger partial charge in [-0.2, -0.15) is 0 Å². The Balaban J connectivity index is 2.71. The molecule has 1 fully saturated rings. The van der Waals surface area contributed by atoms with Gasteiger partial charge < -0.3 is 20.1 Å². The van der Waals surface area contributed by atoms with Gasteiger partial charge in [0.25, 0.3) is 0 Å². The highest BCUT2D eigenvalue weighted by atomic mass is 16.6. The van der Waals surface area contributed by atoms with Crippen molar-refractivity contribution < 1.29 is 20.1 Å². The van der Waals surface area contributed by atoms with E-state index in [0.717, 1.165) is 0 Å². The molecule has 0 saturated carbocycles. The average Bonchev–Trinajstić information content (AvgIpc) is 2.74. The molecule has 66 valence electrons. The standard InChI is InChI=1S/C7H14O4/c1-6(5-11-6)7(2-8,3-9)4-10/h8-10H,2-5H2,1H3. The lowest BCUT2D eigenvalue weighted by Gasteiger charge is -2.31. The second-order valence-corrected chi connectivity index (χ2v) is 3.27. The quantitative estimate of drug-likeness (QED) is 0.451. The molecule has 3 N–H and O–H groups in total. The van der Waals surface area contributed by atoms with Gasteiger partial charge in [-0.15, -0.1) is 0 Å². The van der Waals surface area contributed by atoms with Gasteiger partial charge in [0.15, 0.2) is 0 Å². The number of epoxide rings is 1. The SMILES string of the molecule is CC1(C(CO)(CO)CO)CO1. The number of rotatable bonds is 4. The van der Waals surface area contributed by atoms with E-state index in [1.54, 1.807) is 6.92 Å². The van der Waals surface area contributed by atoms with Crippen LogP contribution >= 0.6 is 0 Å². The Morgan fingerprint density at radius 1 is 1.27 bits per heavy atom. The van der Waals surface area contributed by atoms with E-state index >= 15 is 0 Å². The fourth-order valence-electron chi connectivity index (χ4n) is 1.07. The highest BCUT2D eigenvalue weighted by Gasteiger charge is 2.57. The summed E-state index contributed by atoms with van der Waals surface area (Å²) in [5.74, 6) is 0. The van der Waals surface area contributed by atoms with Crippen LogP contribution in [0, 0.1) is 5.41 Å². The molecule has 0 aromatic rings. The fraction of sp³-hybridized carbons (Fsp3) is 1.00. The van der Waals surface area contributed by atoms with Crippen LogP contribution < -0.4 is 0 Å². The first-order chi connectivity index (χ1) is 5.14. The molecule has 0 aliphatic carbocycles. The Morgan fingerprint density at radius 2 is 1.64 bits per heavy atom. The first-order valence-electron chi connectivity index (χ1n) is 3.61. The zero-order valence-electron chi connectivity index (χ0n) is 6.58. The average molecular weight is 162 g/mol. The normalized spacial score (nSPS) is 30.5. The van der Waals surface area contributed by atoms with E-state index in [1.165, 1.54) is 0 Å². The Bertz CT molecular complexity index is 129.